The van der Waals surface area contributed by atoms with E-state index in [4.69, 9.17) is 16.0 Å². The number of carbonyl (C=O) groups excluding carboxylic acids is 2. The molecule has 1 aromatic heterocycles. The molecule has 3 aromatic rings. The summed E-state index contributed by atoms with van der Waals surface area (Å²) in [5.74, 6) is 0.872. The van der Waals surface area contributed by atoms with Crippen LogP contribution < -0.4 is 5.32 Å². The summed E-state index contributed by atoms with van der Waals surface area (Å²) in [5, 5.41) is 3.44. The van der Waals surface area contributed by atoms with Gasteiger partial charge in [-0.15, -0.1) is 0 Å². The van der Waals surface area contributed by atoms with Crippen LogP contribution in [-0.4, -0.2) is 21.8 Å². The van der Waals surface area contributed by atoms with E-state index in [1.54, 1.807) is 25.3 Å². The molecule has 0 spiro atoms. The third-order valence-corrected chi connectivity index (χ3v) is 5.66. The summed E-state index contributed by atoms with van der Waals surface area (Å²) in [6.07, 6.45) is 1.57. The van der Waals surface area contributed by atoms with Crippen molar-refractivity contribution in [3.05, 3.63) is 76.8 Å². The predicted octanol–water partition coefficient (Wildman–Crippen LogP) is 5.09. The van der Waals surface area contributed by atoms with Gasteiger partial charge < -0.3 is 9.73 Å². The maximum absolute atomic E-state index is 13.1. The van der Waals surface area contributed by atoms with Crippen molar-refractivity contribution in [2.75, 3.05) is 0 Å². The third-order valence-electron chi connectivity index (χ3n) is 5.41. The van der Waals surface area contributed by atoms with Gasteiger partial charge in [0.05, 0.1) is 6.20 Å². The topological polar surface area (TPSA) is 75.4 Å². The smallest absolute Gasteiger partial charge is 0.325 e. The number of nitrogens with zero attached hydrogens (tertiary/aromatic N) is 2. The lowest BCUT2D eigenvalue weighted by atomic mass is 9.90. The standard InChI is InChI=1S/C23H22ClN3O3/c1-14(2)15-4-8-17(9-5-15)23(3)21(28)27(22(29)26-23)13-20-25-12-19(30-20)16-6-10-18(24)11-7-16/h4-12,14H,13H2,1-3H3,(H,26,29). The van der Waals surface area contributed by atoms with Gasteiger partial charge in [0.15, 0.2) is 5.76 Å². The van der Waals surface area contributed by atoms with E-state index in [9.17, 15) is 9.59 Å². The number of halogens is 1. The van der Waals surface area contributed by atoms with Crippen molar-refractivity contribution in [1.82, 2.24) is 15.2 Å². The number of urea groups is 1. The molecule has 1 atom stereocenters. The number of amides is 3. The van der Waals surface area contributed by atoms with Crippen LogP contribution in [0.25, 0.3) is 11.3 Å². The normalized spacial score (nSPS) is 18.9. The van der Waals surface area contributed by atoms with Gasteiger partial charge in [-0.05, 0) is 48.2 Å². The van der Waals surface area contributed by atoms with E-state index in [0.717, 1.165) is 16.0 Å². The highest BCUT2D eigenvalue weighted by molar-refractivity contribution is 6.30. The predicted molar refractivity (Wildman–Crippen MR) is 114 cm³/mol. The van der Waals surface area contributed by atoms with E-state index in [1.807, 2.05) is 36.4 Å². The summed E-state index contributed by atoms with van der Waals surface area (Å²) in [5.41, 5.74) is 1.59. The van der Waals surface area contributed by atoms with E-state index in [1.165, 1.54) is 5.56 Å². The van der Waals surface area contributed by atoms with Crippen molar-refractivity contribution in [1.29, 1.82) is 0 Å². The van der Waals surface area contributed by atoms with Crippen LogP contribution in [0.15, 0.2) is 59.1 Å². The van der Waals surface area contributed by atoms with Crippen molar-refractivity contribution < 1.29 is 14.0 Å². The second kappa shape index (κ2) is 7.61. The number of aromatic nitrogens is 1. The van der Waals surface area contributed by atoms with Crippen LogP contribution in [0, 0.1) is 0 Å². The van der Waals surface area contributed by atoms with E-state index >= 15 is 0 Å². The minimum Gasteiger partial charge on any atom is -0.439 e. The van der Waals surface area contributed by atoms with Gasteiger partial charge in [0, 0.05) is 10.6 Å². The molecule has 0 saturated carbocycles. The van der Waals surface area contributed by atoms with E-state index in [0.29, 0.717) is 16.7 Å². The second-order valence-electron chi connectivity index (χ2n) is 7.85. The highest BCUT2D eigenvalue weighted by atomic mass is 35.5. The fourth-order valence-corrected chi connectivity index (χ4v) is 3.63. The largest absolute Gasteiger partial charge is 0.439 e. The van der Waals surface area contributed by atoms with Crippen LogP contribution in [-0.2, 0) is 16.9 Å². The van der Waals surface area contributed by atoms with E-state index in [-0.39, 0.29) is 18.3 Å². The van der Waals surface area contributed by atoms with E-state index < -0.39 is 11.6 Å². The fourth-order valence-electron chi connectivity index (χ4n) is 3.50. The first-order valence-electron chi connectivity index (χ1n) is 9.73. The number of hydrogen-bond donors (Lipinski definition) is 1. The quantitative estimate of drug-likeness (QED) is 0.580. The molecular weight excluding hydrogens is 402 g/mol. The molecule has 0 bridgehead atoms. The Kier molecular flexibility index (Phi) is 5.12. The first kappa shape index (κ1) is 20.2. The number of nitrogens with one attached hydrogen (secondary N) is 1. The molecule has 1 aliphatic heterocycles. The number of imide groups is 1. The molecule has 1 N–H and O–H groups in total. The Hall–Kier alpha value is -3.12. The lowest BCUT2D eigenvalue weighted by Crippen LogP contribution is -2.40. The first-order valence-corrected chi connectivity index (χ1v) is 10.1. The molecule has 1 aliphatic rings. The number of carbonyl (C=O) groups is 2. The van der Waals surface area contributed by atoms with Gasteiger partial charge in [0.25, 0.3) is 5.91 Å². The summed E-state index contributed by atoms with van der Waals surface area (Å²) in [6.45, 7) is 5.88. The fraction of sp³-hybridized carbons (Fsp3) is 0.261. The molecule has 154 valence electrons. The van der Waals surface area contributed by atoms with Crippen LogP contribution in [0.5, 0.6) is 0 Å². The Balaban J connectivity index is 1.54. The molecular formula is C23H22ClN3O3. The average Bonchev–Trinajstić information content (AvgIpc) is 3.28. The molecule has 2 aromatic carbocycles. The Morgan fingerprint density at radius 2 is 1.77 bits per heavy atom. The van der Waals surface area contributed by atoms with Crippen molar-refractivity contribution in [3.8, 4) is 11.3 Å². The molecule has 1 unspecified atom stereocenters. The maximum atomic E-state index is 13.1. The summed E-state index contributed by atoms with van der Waals surface area (Å²) in [4.78, 5) is 31.1. The Morgan fingerprint density at radius 3 is 2.40 bits per heavy atom. The Labute approximate surface area is 179 Å². The number of rotatable bonds is 5. The van der Waals surface area contributed by atoms with Crippen LogP contribution in [0.2, 0.25) is 5.02 Å². The highest BCUT2D eigenvalue weighted by Gasteiger charge is 2.49. The van der Waals surface area contributed by atoms with Crippen LogP contribution in [0.1, 0.15) is 43.7 Å². The van der Waals surface area contributed by atoms with Crippen LogP contribution in [0.3, 0.4) is 0 Å². The Bertz CT molecular complexity index is 1090. The zero-order valence-corrected chi connectivity index (χ0v) is 17.7. The maximum Gasteiger partial charge on any atom is 0.325 e. The molecule has 4 rings (SSSR count). The number of hydrogen-bond acceptors (Lipinski definition) is 4. The SMILES string of the molecule is CC(C)c1ccc(C2(C)NC(=O)N(Cc3ncc(-c4ccc(Cl)cc4)o3)C2=O)cc1. The van der Waals surface area contributed by atoms with Crippen molar-refractivity contribution in [2.24, 2.45) is 0 Å². The third kappa shape index (κ3) is 3.59. The molecule has 6 nitrogen and oxygen atoms in total. The molecule has 2 heterocycles. The zero-order chi connectivity index (χ0) is 21.5. The molecule has 1 saturated heterocycles. The van der Waals surface area contributed by atoms with E-state index in [2.05, 4.69) is 24.1 Å². The van der Waals surface area contributed by atoms with Crippen molar-refractivity contribution >= 4 is 23.5 Å². The molecule has 30 heavy (non-hydrogen) atoms. The summed E-state index contributed by atoms with van der Waals surface area (Å²) < 4.78 is 5.76. The molecule has 7 heteroatoms. The summed E-state index contributed by atoms with van der Waals surface area (Å²) >= 11 is 5.92. The van der Waals surface area contributed by atoms with Gasteiger partial charge in [-0.2, -0.15) is 0 Å². The van der Waals surface area contributed by atoms with Crippen LogP contribution >= 0.6 is 11.6 Å². The lowest BCUT2D eigenvalue weighted by molar-refractivity contribution is -0.131. The minimum atomic E-state index is -1.13. The van der Waals surface area contributed by atoms with Gasteiger partial charge in [-0.1, -0.05) is 49.7 Å². The number of benzene rings is 2. The minimum absolute atomic E-state index is 0.0437. The average molecular weight is 424 g/mol. The second-order valence-corrected chi connectivity index (χ2v) is 8.28. The van der Waals surface area contributed by atoms with Crippen molar-refractivity contribution in [2.45, 2.75) is 38.8 Å². The van der Waals surface area contributed by atoms with Crippen LogP contribution in [0.4, 0.5) is 4.79 Å². The molecule has 0 aliphatic carbocycles. The monoisotopic (exact) mass is 423 g/mol. The Morgan fingerprint density at radius 1 is 1.10 bits per heavy atom. The van der Waals surface area contributed by atoms with Gasteiger partial charge in [-0.3, -0.25) is 9.69 Å². The lowest BCUT2D eigenvalue weighted by Gasteiger charge is -2.22. The van der Waals surface area contributed by atoms with Gasteiger partial charge in [0.2, 0.25) is 5.89 Å². The molecule has 0 radical (unpaired) electrons. The molecule has 3 amide bonds. The van der Waals surface area contributed by atoms with Gasteiger partial charge >= 0.3 is 6.03 Å². The van der Waals surface area contributed by atoms with Gasteiger partial charge in [0.1, 0.15) is 12.1 Å². The van der Waals surface area contributed by atoms with Crippen molar-refractivity contribution in [3.63, 3.8) is 0 Å². The molecule has 1 fully saturated rings. The summed E-state index contributed by atoms with van der Waals surface area (Å²) in [7, 11) is 0. The summed E-state index contributed by atoms with van der Waals surface area (Å²) in [6, 6.07) is 14.4. The van der Waals surface area contributed by atoms with Gasteiger partial charge in [-0.25, -0.2) is 9.78 Å². The number of oxazole rings is 1. The highest BCUT2D eigenvalue weighted by Crippen LogP contribution is 2.31. The zero-order valence-electron chi connectivity index (χ0n) is 17.0. The first-order chi connectivity index (χ1) is 14.3.